The third-order valence-electron chi connectivity index (χ3n) is 11.5. The van der Waals surface area contributed by atoms with Crippen LogP contribution in [0, 0.1) is 38.4 Å². The normalized spacial score (nSPS) is 14.0. The van der Waals surface area contributed by atoms with E-state index in [0.717, 1.165) is 57.5 Å². The number of carbonyl (C=O) groups excluding carboxylic acids is 2. The van der Waals surface area contributed by atoms with Gasteiger partial charge in [-0.05, 0) is 127 Å². The van der Waals surface area contributed by atoms with Crippen LogP contribution in [-0.4, -0.2) is 75.3 Å². The third kappa shape index (κ3) is 11.4. The van der Waals surface area contributed by atoms with Gasteiger partial charge in [0, 0.05) is 66.4 Å². The molecular formula is C51H56ClFN8O5. The predicted octanol–water partition coefficient (Wildman–Crippen LogP) is 10.6. The number of benzene rings is 3. The average molecular weight is 916 g/mol. The summed E-state index contributed by atoms with van der Waals surface area (Å²) in [6.07, 6.45) is 9.32. The van der Waals surface area contributed by atoms with Gasteiger partial charge in [-0.25, -0.2) is 23.4 Å². The molecule has 2 aliphatic carbocycles. The predicted molar refractivity (Wildman–Crippen MR) is 255 cm³/mol. The Labute approximate surface area is 388 Å². The molecule has 2 fully saturated rings. The number of hydrogen-bond acceptors (Lipinski definition) is 11. The highest BCUT2D eigenvalue weighted by atomic mass is 35.5. The van der Waals surface area contributed by atoms with Crippen molar-refractivity contribution in [3.63, 3.8) is 0 Å². The molecule has 2 aliphatic rings. The van der Waals surface area contributed by atoms with E-state index in [0.29, 0.717) is 70.5 Å². The Morgan fingerprint density at radius 2 is 1.20 bits per heavy atom. The molecule has 15 heteroatoms. The van der Waals surface area contributed by atoms with Crippen LogP contribution in [0.4, 0.5) is 15.8 Å². The lowest BCUT2D eigenvalue weighted by Crippen LogP contribution is -2.29. The molecule has 3 aromatic carbocycles. The number of hydrogen-bond donors (Lipinski definition) is 4. The number of aromatic nitrogens is 6. The Bertz CT molecular complexity index is 2940. The van der Waals surface area contributed by atoms with Crippen molar-refractivity contribution >= 4 is 45.8 Å². The van der Waals surface area contributed by atoms with Gasteiger partial charge in [-0.2, -0.15) is 5.10 Å². The first-order valence-electron chi connectivity index (χ1n) is 22.4. The summed E-state index contributed by atoms with van der Waals surface area (Å²) in [6.45, 7) is 13.2. The number of carbonyl (C=O) groups is 2. The standard InChI is InChI=1S/C29H31FN4O3.C22H25ClN4O2/c1-17-9-21(30)13-22(10-17)37-27-14-24(32-16-29(3,4)36)28-31-15-25(34(28)33-27)20-7-8-23(18(2)11-20)26(35)12-19-5-6-19;1-13-8-15(6-7-16(13)19(28)9-14-4-5-14)18-11-24-21-17(25-12-22(2,3)29)10-20(23)26-27(18)21/h7-11,13-15,19,32,36H,5-6,12,16H2,1-4H3;6-8,10-11,14,25,29H,4-5,9,12H2,1-3H3. The Hall–Kier alpha value is -6.22. The van der Waals surface area contributed by atoms with Crippen LogP contribution in [0.15, 0.2) is 79.1 Å². The number of imidazole rings is 2. The van der Waals surface area contributed by atoms with Gasteiger partial charge >= 0.3 is 0 Å². The maximum Gasteiger partial charge on any atom is 0.239 e. The zero-order chi connectivity index (χ0) is 47.1. The first-order valence-corrected chi connectivity index (χ1v) is 22.7. The largest absolute Gasteiger partial charge is 0.437 e. The van der Waals surface area contributed by atoms with Gasteiger partial charge in [-0.1, -0.05) is 35.9 Å². The molecule has 4 N–H and O–H groups in total. The van der Waals surface area contributed by atoms with Gasteiger partial charge < -0.3 is 25.6 Å². The molecule has 0 bridgehead atoms. The van der Waals surface area contributed by atoms with E-state index in [9.17, 15) is 24.2 Å². The molecule has 0 atom stereocenters. The second kappa shape index (κ2) is 18.6. The van der Waals surface area contributed by atoms with Crippen LogP contribution in [0.2, 0.25) is 5.15 Å². The fourth-order valence-corrected chi connectivity index (χ4v) is 7.94. The lowest BCUT2D eigenvalue weighted by Gasteiger charge is -2.19. The first kappa shape index (κ1) is 46.3. The Kier molecular flexibility index (Phi) is 13.0. The number of fused-ring (bicyclic) bond motifs is 2. The highest BCUT2D eigenvalue weighted by molar-refractivity contribution is 6.29. The molecule has 66 heavy (non-hydrogen) atoms. The summed E-state index contributed by atoms with van der Waals surface area (Å²) in [7, 11) is 0. The molecule has 0 saturated heterocycles. The summed E-state index contributed by atoms with van der Waals surface area (Å²) in [5, 5.41) is 36.0. The van der Waals surface area contributed by atoms with E-state index in [2.05, 4.69) is 30.8 Å². The second-order valence-electron chi connectivity index (χ2n) is 19.1. The molecule has 0 spiro atoms. The SMILES string of the molecule is Cc1cc(-c2cnc3c(NCC(C)(C)O)cc(Cl)nn23)ccc1C(=O)CC1CC1.Cc1cc(F)cc(Oc2cc(NCC(C)(C)O)c3ncc(-c4ccc(C(=O)CC5CC5)c(C)c4)n3n2)c1. The van der Waals surface area contributed by atoms with Crippen molar-refractivity contribution in [2.75, 3.05) is 23.7 Å². The van der Waals surface area contributed by atoms with E-state index in [4.69, 9.17) is 16.3 Å². The highest BCUT2D eigenvalue weighted by Crippen LogP contribution is 2.36. The minimum Gasteiger partial charge on any atom is -0.437 e. The number of nitrogens with one attached hydrogen (secondary N) is 2. The van der Waals surface area contributed by atoms with Crippen molar-refractivity contribution in [3.8, 4) is 34.1 Å². The van der Waals surface area contributed by atoms with E-state index >= 15 is 0 Å². The first-order chi connectivity index (χ1) is 31.3. The Morgan fingerprint density at radius 1 is 0.712 bits per heavy atom. The number of Topliss-reactive ketones (excluding diaryl/α,β-unsaturated/α-hetero) is 2. The van der Waals surface area contributed by atoms with E-state index in [-0.39, 0.29) is 24.0 Å². The molecule has 9 rings (SSSR count). The lowest BCUT2D eigenvalue weighted by molar-refractivity contribution is 0.0939. The minimum atomic E-state index is -0.962. The van der Waals surface area contributed by atoms with Gasteiger partial charge in [0.25, 0.3) is 0 Å². The topological polar surface area (TPSA) is 168 Å². The molecular weight excluding hydrogens is 859 g/mol. The van der Waals surface area contributed by atoms with Crippen LogP contribution in [-0.2, 0) is 0 Å². The van der Waals surface area contributed by atoms with Gasteiger partial charge in [0.1, 0.15) is 11.6 Å². The van der Waals surface area contributed by atoms with E-state index < -0.39 is 17.0 Å². The third-order valence-corrected chi connectivity index (χ3v) is 11.7. The molecule has 13 nitrogen and oxygen atoms in total. The molecule has 0 unspecified atom stereocenters. The average Bonchev–Trinajstić information content (AvgIpc) is 4.15. The van der Waals surface area contributed by atoms with E-state index in [1.54, 1.807) is 74.2 Å². The molecule has 0 amide bonds. The number of halogens is 2. The summed E-state index contributed by atoms with van der Waals surface area (Å²) in [5.74, 6) is 1.67. The summed E-state index contributed by atoms with van der Waals surface area (Å²) in [6, 6.07) is 19.4. The number of nitrogens with zero attached hydrogens (tertiary/aromatic N) is 6. The van der Waals surface area contributed by atoms with Gasteiger partial charge in [-0.3, -0.25) is 9.59 Å². The molecule has 4 aromatic heterocycles. The number of ketones is 2. The summed E-state index contributed by atoms with van der Waals surface area (Å²) in [5.41, 5.74) is 8.04. The van der Waals surface area contributed by atoms with Crippen molar-refractivity contribution in [3.05, 3.63) is 118 Å². The second-order valence-corrected chi connectivity index (χ2v) is 19.5. The van der Waals surface area contributed by atoms with Crippen LogP contribution in [0.1, 0.15) is 104 Å². The van der Waals surface area contributed by atoms with Crippen molar-refractivity contribution in [2.45, 2.75) is 98.2 Å². The maximum atomic E-state index is 14.0. The van der Waals surface area contributed by atoms with E-state index in [1.165, 1.54) is 25.0 Å². The molecule has 7 aromatic rings. The highest BCUT2D eigenvalue weighted by Gasteiger charge is 2.27. The molecule has 2 saturated carbocycles. The van der Waals surface area contributed by atoms with Crippen molar-refractivity contribution in [2.24, 2.45) is 11.8 Å². The summed E-state index contributed by atoms with van der Waals surface area (Å²) in [4.78, 5) is 34.3. The summed E-state index contributed by atoms with van der Waals surface area (Å²) < 4.78 is 23.3. The van der Waals surface area contributed by atoms with Crippen LogP contribution in [0.3, 0.4) is 0 Å². The number of aryl methyl sites for hydroxylation is 3. The minimum absolute atomic E-state index is 0.182. The zero-order valence-corrected chi connectivity index (χ0v) is 39.1. The fourth-order valence-electron chi connectivity index (χ4n) is 7.75. The quantitative estimate of drug-likeness (QED) is 0.0681. The van der Waals surface area contributed by atoms with Gasteiger partial charge in [0.05, 0.1) is 46.4 Å². The molecule has 4 heterocycles. The molecule has 0 radical (unpaired) electrons. The number of aliphatic hydroxyl groups is 2. The lowest BCUT2D eigenvalue weighted by atomic mass is 9.98. The molecule has 0 aliphatic heterocycles. The summed E-state index contributed by atoms with van der Waals surface area (Å²) >= 11 is 6.24. The van der Waals surface area contributed by atoms with E-state index in [1.807, 2.05) is 50.2 Å². The monoisotopic (exact) mass is 914 g/mol. The van der Waals surface area contributed by atoms with Gasteiger partial charge in [-0.15, -0.1) is 5.10 Å². The zero-order valence-electron chi connectivity index (χ0n) is 38.4. The van der Waals surface area contributed by atoms with Crippen LogP contribution in [0.5, 0.6) is 11.6 Å². The van der Waals surface area contributed by atoms with Crippen molar-refractivity contribution in [1.29, 1.82) is 0 Å². The fraction of sp³-hybridized carbons (Fsp3) is 0.373. The van der Waals surface area contributed by atoms with Gasteiger partial charge in [0.2, 0.25) is 5.88 Å². The maximum absolute atomic E-state index is 14.0. The number of rotatable bonds is 16. The van der Waals surface area contributed by atoms with Crippen LogP contribution < -0.4 is 15.4 Å². The smallest absolute Gasteiger partial charge is 0.239 e. The Morgan fingerprint density at radius 3 is 1.65 bits per heavy atom. The molecule has 344 valence electrons. The van der Waals surface area contributed by atoms with Crippen LogP contribution in [0.25, 0.3) is 33.8 Å². The van der Waals surface area contributed by atoms with Crippen LogP contribution >= 0.6 is 11.6 Å². The van der Waals surface area contributed by atoms with Crippen molar-refractivity contribution in [1.82, 2.24) is 29.2 Å². The number of anilines is 2. The van der Waals surface area contributed by atoms with Crippen molar-refractivity contribution < 1.29 is 28.9 Å². The number of ether oxygens (including phenoxy) is 1. The van der Waals surface area contributed by atoms with Gasteiger partial charge in [0.15, 0.2) is 28.0 Å². The Balaban J connectivity index is 0.000000185.